The van der Waals surface area contributed by atoms with Gasteiger partial charge in [0.15, 0.2) is 0 Å². The highest BCUT2D eigenvalue weighted by Gasteiger charge is 2.17. The number of hydrogen-bond acceptors (Lipinski definition) is 3. The number of aryl methyl sites for hydroxylation is 2. The van der Waals surface area contributed by atoms with Crippen LogP contribution in [0.2, 0.25) is 0 Å². The minimum absolute atomic E-state index is 0.0967. The fourth-order valence-corrected chi connectivity index (χ4v) is 3.67. The average molecular weight is 346 g/mol. The van der Waals surface area contributed by atoms with Crippen molar-refractivity contribution in [3.05, 3.63) is 63.8 Å². The SMILES string of the molecule is Cc1nc(C)c2[nH]c(=O)c3cc[nH]c3c2c1-c1ccc([C@@H](C)CN)cc1. The summed E-state index contributed by atoms with van der Waals surface area (Å²) in [5.41, 5.74) is 12.4. The number of nitrogens with zero attached hydrogens (tertiary/aromatic N) is 1. The maximum atomic E-state index is 12.4. The summed E-state index contributed by atoms with van der Waals surface area (Å²) in [5.74, 6) is 0.324. The molecule has 0 aliphatic rings. The Morgan fingerprint density at radius 3 is 2.50 bits per heavy atom. The molecule has 5 heteroatoms. The Hall–Kier alpha value is -2.92. The van der Waals surface area contributed by atoms with E-state index in [-0.39, 0.29) is 5.56 Å². The molecule has 1 atom stereocenters. The second-order valence-electron chi connectivity index (χ2n) is 6.89. The van der Waals surface area contributed by atoms with Crippen LogP contribution in [0.25, 0.3) is 32.9 Å². The minimum Gasteiger partial charge on any atom is -0.360 e. The van der Waals surface area contributed by atoms with Gasteiger partial charge in [-0.3, -0.25) is 9.78 Å². The van der Waals surface area contributed by atoms with Crippen molar-refractivity contribution < 1.29 is 0 Å². The Kier molecular flexibility index (Phi) is 3.89. The van der Waals surface area contributed by atoms with Crippen LogP contribution < -0.4 is 11.3 Å². The Morgan fingerprint density at radius 1 is 1.08 bits per heavy atom. The normalized spacial score (nSPS) is 12.8. The third-order valence-electron chi connectivity index (χ3n) is 5.16. The van der Waals surface area contributed by atoms with Gasteiger partial charge in [0.2, 0.25) is 0 Å². The van der Waals surface area contributed by atoms with Crippen LogP contribution in [0.3, 0.4) is 0 Å². The molecule has 0 amide bonds. The largest absolute Gasteiger partial charge is 0.360 e. The summed E-state index contributed by atoms with van der Waals surface area (Å²) in [5, 5.41) is 1.67. The Bertz CT molecular complexity index is 1170. The van der Waals surface area contributed by atoms with Crippen LogP contribution in [0, 0.1) is 13.8 Å². The van der Waals surface area contributed by atoms with E-state index in [2.05, 4.69) is 46.1 Å². The number of benzene rings is 1. The van der Waals surface area contributed by atoms with Gasteiger partial charge in [-0.25, -0.2) is 0 Å². The molecule has 132 valence electrons. The zero-order valence-electron chi connectivity index (χ0n) is 15.2. The lowest BCUT2D eigenvalue weighted by Crippen LogP contribution is -2.09. The quantitative estimate of drug-likeness (QED) is 0.528. The molecule has 0 unspecified atom stereocenters. The van der Waals surface area contributed by atoms with E-state index in [0.717, 1.165) is 38.9 Å². The van der Waals surface area contributed by atoms with Gasteiger partial charge in [-0.2, -0.15) is 0 Å². The van der Waals surface area contributed by atoms with E-state index in [1.165, 1.54) is 5.56 Å². The summed E-state index contributed by atoms with van der Waals surface area (Å²) in [4.78, 5) is 23.3. The molecule has 4 aromatic rings. The summed E-state index contributed by atoms with van der Waals surface area (Å²) in [6.07, 6.45) is 1.81. The van der Waals surface area contributed by atoms with Gasteiger partial charge in [-0.05, 0) is 43.5 Å². The molecule has 0 radical (unpaired) electrons. The van der Waals surface area contributed by atoms with Gasteiger partial charge in [0.1, 0.15) is 0 Å². The first-order chi connectivity index (χ1) is 12.5. The van der Waals surface area contributed by atoms with E-state index in [4.69, 9.17) is 5.73 Å². The molecule has 0 aliphatic heterocycles. The summed E-state index contributed by atoms with van der Waals surface area (Å²) in [6.45, 7) is 6.68. The predicted octanol–water partition coefficient (Wildman–Crippen LogP) is 3.75. The van der Waals surface area contributed by atoms with Crippen LogP contribution in [-0.2, 0) is 0 Å². The third kappa shape index (κ3) is 2.44. The van der Waals surface area contributed by atoms with Gasteiger partial charge in [0.25, 0.3) is 5.56 Å². The van der Waals surface area contributed by atoms with Crippen LogP contribution in [-0.4, -0.2) is 21.5 Å². The third-order valence-corrected chi connectivity index (χ3v) is 5.16. The van der Waals surface area contributed by atoms with Crippen molar-refractivity contribution in [1.82, 2.24) is 15.0 Å². The highest BCUT2D eigenvalue weighted by Crippen LogP contribution is 2.35. The zero-order valence-corrected chi connectivity index (χ0v) is 15.2. The lowest BCUT2D eigenvalue weighted by molar-refractivity contribution is 0.774. The van der Waals surface area contributed by atoms with E-state index >= 15 is 0 Å². The highest BCUT2D eigenvalue weighted by molar-refractivity contribution is 6.11. The Balaban J connectivity index is 2.06. The minimum atomic E-state index is -0.0967. The smallest absolute Gasteiger partial charge is 0.257 e. The maximum absolute atomic E-state index is 12.4. The van der Waals surface area contributed by atoms with Crippen LogP contribution in [0.4, 0.5) is 0 Å². The molecular weight excluding hydrogens is 324 g/mol. The molecule has 0 spiro atoms. The first kappa shape index (κ1) is 16.5. The first-order valence-electron chi connectivity index (χ1n) is 8.82. The van der Waals surface area contributed by atoms with Gasteiger partial charge in [-0.15, -0.1) is 0 Å². The summed E-state index contributed by atoms with van der Waals surface area (Å²) < 4.78 is 0. The van der Waals surface area contributed by atoms with Crippen molar-refractivity contribution in [2.45, 2.75) is 26.7 Å². The number of fused-ring (bicyclic) bond motifs is 3. The van der Waals surface area contributed by atoms with Crippen LogP contribution >= 0.6 is 0 Å². The molecule has 26 heavy (non-hydrogen) atoms. The molecule has 5 nitrogen and oxygen atoms in total. The lowest BCUT2D eigenvalue weighted by atomic mass is 9.94. The van der Waals surface area contributed by atoms with Crippen molar-refractivity contribution in [2.75, 3.05) is 6.54 Å². The zero-order chi connectivity index (χ0) is 18.4. The van der Waals surface area contributed by atoms with E-state index < -0.39 is 0 Å². The molecule has 3 aromatic heterocycles. The fourth-order valence-electron chi connectivity index (χ4n) is 3.67. The number of pyridine rings is 2. The number of nitrogens with two attached hydrogens (primary N) is 1. The molecule has 4 rings (SSSR count). The molecule has 3 heterocycles. The van der Waals surface area contributed by atoms with Crippen LogP contribution in [0.15, 0.2) is 41.3 Å². The second-order valence-corrected chi connectivity index (χ2v) is 6.89. The monoisotopic (exact) mass is 346 g/mol. The number of aromatic amines is 2. The van der Waals surface area contributed by atoms with E-state index in [1.54, 1.807) is 6.20 Å². The molecule has 0 fully saturated rings. The standard InChI is InChI=1S/C21H22N4O/c1-11(10-22)14-4-6-15(7-5-14)17-12(2)24-13(3)19-18(17)20-16(8-9-23-20)21(26)25-19/h4-9,11,23H,10,22H2,1-3H3,(H,25,26)/t11-/m0/s1. The molecule has 4 N–H and O–H groups in total. The maximum Gasteiger partial charge on any atom is 0.257 e. The topological polar surface area (TPSA) is 87.6 Å². The van der Waals surface area contributed by atoms with Crippen molar-refractivity contribution in [1.29, 1.82) is 0 Å². The van der Waals surface area contributed by atoms with Crippen molar-refractivity contribution in [3.8, 4) is 11.1 Å². The van der Waals surface area contributed by atoms with Gasteiger partial charge in [-0.1, -0.05) is 31.2 Å². The van der Waals surface area contributed by atoms with Crippen molar-refractivity contribution in [3.63, 3.8) is 0 Å². The van der Waals surface area contributed by atoms with Gasteiger partial charge < -0.3 is 15.7 Å². The van der Waals surface area contributed by atoms with Crippen LogP contribution in [0.5, 0.6) is 0 Å². The van der Waals surface area contributed by atoms with Crippen molar-refractivity contribution >= 4 is 21.8 Å². The highest BCUT2D eigenvalue weighted by atomic mass is 16.1. The molecule has 0 bridgehead atoms. The second kappa shape index (κ2) is 6.11. The first-order valence-corrected chi connectivity index (χ1v) is 8.82. The van der Waals surface area contributed by atoms with Crippen LogP contribution in [0.1, 0.15) is 29.8 Å². The molecule has 0 saturated heterocycles. The summed E-state index contributed by atoms with van der Waals surface area (Å²) >= 11 is 0. The van der Waals surface area contributed by atoms with Gasteiger partial charge in [0, 0.05) is 22.8 Å². The summed E-state index contributed by atoms with van der Waals surface area (Å²) in [6, 6.07) is 10.3. The van der Waals surface area contributed by atoms with Gasteiger partial charge in [0.05, 0.1) is 22.1 Å². The lowest BCUT2D eigenvalue weighted by Gasteiger charge is -2.15. The number of hydrogen-bond donors (Lipinski definition) is 3. The Morgan fingerprint density at radius 2 is 1.81 bits per heavy atom. The number of nitrogens with one attached hydrogen (secondary N) is 2. The number of rotatable bonds is 3. The Labute approximate surface area is 151 Å². The molecule has 0 aliphatic carbocycles. The fraction of sp³-hybridized carbons (Fsp3) is 0.238. The average Bonchev–Trinajstić information content (AvgIpc) is 3.13. The predicted molar refractivity (Wildman–Crippen MR) is 107 cm³/mol. The molecule has 0 saturated carbocycles. The summed E-state index contributed by atoms with van der Waals surface area (Å²) in [7, 11) is 0. The van der Waals surface area contributed by atoms with E-state index in [0.29, 0.717) is 17.8 Å². The van der Waals surface area contributed by atoms with E-state index in [1.807, 2.05) is 19.9 Å². The number of aromatic nitrogens is 3. The van der Waals surface area contributed by atoms with E-state index in [9.17, 15) is 4.79 Å². The molecule has 1 aromatic carbocycles. The molecular formula is C21H22N4O. The number of H-pyrrole nitrogens is 2. The van der Waals surface area contributed by atoms with Gasteiger partial charge >= 0.3 is 0 Å². The van der Waals surface area contributed by atoms with Crippen molar-refractivity contribution in [2.24, 2.45) is 5.73 Å².